The Kier molecular flexibility index (Phi) is 4.13. The third-order valence-electron chi connectivity index (χ3n) is 2.85. The van der Waals surface area contributed by atoms with E-state index in [4.69, 9.17) is 20.4 Å². The van der Waals surface area contributed by atoms with Crippen molar-refractivity contribution in [1.82, 2.24) is 0 Å². The lowest BCUT2D eigenvalue weighted by Gasteiger charge is -2.41. The van der Waals surface area contributed by atoms with Crippen LogP contribution in [0.5, 0.6) is 0 Å². The molecule has 0 aromatic heterocycles. The summed E-state index contributed by atoms with van der Waals surface area (Å²) in [6, 6.07) is 0. The van der Waals surface area contributed by atoms with Gasteiger partial charge in [0.15, 0.2) is 0 Å². The van der Waals surface area contributed by atoms with Crippen molar-refractivity contribution in [2.75, 3.05) is 26.4 Å². The molecule has 0 aliphatic heterocycles. The quantitative estimate of drug-likeness (QED) is 0.434. The minimum atomic E-state index is -0.851. The van der Waals surface area contributed by atoms with Gasteiger partial charge in [0.25, 0.3) is 0 Å². The van der Waals surface area contributed by atoms with E-state index >= 15 is 0 Å². The zero-order chi connectivity index (χ0) is 9.83. The Balaban J connectivity index is 4.66. The summed E-state index contributed by atoms with van der Waals surface area (Å²) in [6.45, 7) is 2.20. The molecule has 0 atom stereocenters. The highest BCUT2D eigenvalue weighted by Gasteiger charge is 2.43. The molecule has 4 N–H and O–H groups in total. The maximum absolute atomic E-state index is 9.00. The summed E-state index contributed by atoms with van der Waals surface area (Å²) in [5, 5.41) is 36.0. The molecule has 0 radical (unpaired) electrons. The van der Waals surface area contributed by atoms with Gasteiger partial charge in [-0.15, -0.1) is 0 Å². The van der Waals surface area contributed by atoms with Gasteiger partial charge in [-0.25, -0.2) is 0 Å². The van der Waals surface area contributed by atoms with Crippen LogP contribution >= 0.6 is 0 Å². The van der Waals surface area contributed by atoms with Crippen LogP contribution in [0, 0.1) is 10.8 Å². The number of hydrogen-bond acceptors (Lipinski definition) is 4. The minimum absolute atomic E-state index is 0.263. The number of hydrogen-bond donors (Lipinski definition) is 4. The molecule has 0 aliphatic carbocycles. The largest absolute Gasteiger partial charge is 0.396 e. The fraction of sp³-hybridized carbons (Fsp3) is 1.00. The van der Waals surface area contributed by atoms with E-state index in [9.17, 15) is 0 Å². The van der Waals surface area contributed by atoms with Crippen LogP contribution in [0.3, 0.4) is 0 Å². The van der Waals surface area contributed by atoms with E-state index in [1.54, 1.807) is 13.8 Å². The number of rotatable bonds is 5. The molecule has 0 heterocycles. The second kappa shape index (κ2) is 4.18. The highest BCUT2D eigenvalue weighted by Crippen LogP contribution is 2.37. The first-order valence-electron chi connectivity index (χ1n) is 3.93. The van der Waals surface area contributed by atoms with Crippen molar-refractivity contribution in [1.29, 1.82) is 0 Å². The SMILES string of the molecule is CC(CO)(CO)C(C)(CO)CO. The normalized spacial score (nSPS) is 13.5. The van der Waals surface area contributed by atoms with Crippen LogP contribution in [0.4, 0.5) is 0 Å². The topological polar surface area (TPSA) is 80.9 Å². The van der Waals surface area contributed by atoms with Crippen molar-refractivity contribution in [3.05, 3.63) is 0 Å². The van der Waals surface area contributed by atoms with E-state index in [1.807, 2.05) is 0 Å². The molecule has 0 saturated heterocycles. The molecule has 0 fully saturated rings. The van der Waals surface area contributed by atoms with Gasteiger partial charge in [-0.2, -0.15) is 0 Å². The third-order valence-corrected chi connectivity index (χ3v) is 2.85. The molecular weight excluding hydrogens is 160 g/mol. The number of aliphatic hydroxyl groups excluding tert-OH is 4. The summed E-state index contributed by atoms with van der Waals surface area (Å²) < 4.78 is 0. The third kappa shape index (κ3) is 1.77. The first-order chi connectivity index (χ1) is 5.49. The van der Waals surface area contributed by atoms with Crippen LogP contribution in [0.2, 0.25) is 0 Å². The van der Waals surface area contributed by atoms with Crippen molar-refractivity contribution in [2.24, 2.45) is 10.8 Å². The average molecular weight is 178 g/mol. The lowest BCUT2D eigenvalue weighted by atomic mass is 9.67. The maximum atomic E-state index is 9.00. The molecule has 4 heteroatoms. The van der Waals surface area contributed by atoms with Gasteiger partial charge in [-0.3, -0.25) is 0 Å². The van der Waals surface area contributed by atoms with Gasteiger partial charge in [0, 0.05) is 10.8 Å². The molecule has 0 unspecified atom stereocenters. The summed E-state index contributed by atoms with van der Waals surface area (Å²) in [4.78, 5) is 0. The molecular formula is C8H18O4. The van der Waals surface area contributed by atoms with Crippen LogP contribution in [-0.2, 0) is 0 Å². The molecule has 74 valence electrons. The van der Waals surface area contributed by atoms with E-state index in [0.717, 1.165) is 0 Å². The predicted octanol–water partition coefficient (Wildman–Crippen LogP) is -1.03. The van der Waals surface area contributed by atoms with E-state index in [2.05, 4.69) is 0 Å². The molecule has 0 aromatic carbocycles. The first kappa shape index (κ1) is 11.8. The van der Waals surface area contributed by atoms with Crippen LogP contribution in [0.1, 0.15) is 13.8 Å². The summed E-state index contributed by atoms with van der Waals surface area (Å²) >= 11 is 0. The molecule has 0 bridgehead atoms. The maximum Gasteiger partial charge on any atom is 0.0513 e. The molecule has 12 heavy (non-hydrogen) atoms. The van der Waals surface area contributed by atoms with Crippen LogP contribution in [0.15, 0.2) is 0 Å². The lowest BCUT2D eigenvalue weighted by Crippen LogP contribution is -2.48. The van der Waals surface area contributed by atoms with Gasteiger partial charge in [0.1, 0.15) is 0 Å². The molecule has 0 saturated carbocycles. The zero-order valence-electron chi connectivity index (χ0n) is 7.62. The minimum Gasteiger partial charge on any atom is -0.396 e. The Morgan fingerprint density at radius 1 is 0.667 bits per heavy atom. The second-order valence-corrected chi connectivity index (χ2v) is 3.75. The Morgan fingerprint density at radius 3 is 0.917 bits per heavy atom. The summed E-state index contributed by atoms with van der Waals surface area (Å²) in [6.07, 6.45) is 0. The van der Waals surface area contributed by atoms with Crippen molar-refractivity contribution in [3.63, 3.8) is 0 Å². The smallest absolute Gasteiger partial charge is 0.0513 e. The fourth-order valence-electron chi connectivity index (χ4n) is 0.863. The standard InChI is InChI=1S/C8H18O4/c1-7(3-9,4-10)8(2,5-11)6-12/h9-12H,3-6H2,1-2H3. The van der Waals surface area contributed by atoms with Crippen molar-refractivity contribution in [2.45, 2.75) is 13.8 Å². The van der Waals surface area contributed by atoms with Gasteiger partial charge >= 0.3 is 0 Å². The van der Waals surface area contributed by atoms with Gasteiger partial charge < -0.3 is 20.4 Å². The van der Waals surface area contributed by atoms with Crippen molar-refractivity contribution >= 4 is 0 Å². The van der Waals surface area contributed by atoms with Crippen LogP contribution in [-0.4, -0.2) is 46.9 Å². The monoisotopic (exact) mass is 178 g/mol. The molecule has 0 amide bonds. The Hall–Kier alpha value is -0.160. The van der Waals surface area contributed by atoms with E-state index < -0.39 is 10.8 Å². The Morgan fingerprint density at radius 2 is 0.833 bits per heavy atom. The molecule has 4 nitrogen and oxygen atoms in total. The highest BCUT2D eigenvalue weighted by atomic mass is 16.3. The van der Waals surface area contributed by atoms with Crippen molar-refractivity contribution in [3.8, 4) is 0 Å². The number of aliphatic hydroxyl groups is 4. The molecule has 0 aliphatic rings. The van der Waals surface area contributed by atoms with Gasteiger partial charge in [-0.05, 0) is 0 Å². The average Bonchev–Trinajstić information content (AvgIpc) is 2.15. The summed E-state index contributed by atoms with van der Waals surface area (Å²) in [5.74, 6) is 0. The lowest BCUT2D eigenvalue weighted by molar-refractivity contribution is -0.0913. The molecule has 0 aromatic rings. The highest BCUT2D eigenvalue weighted by molar-refractivity contribution is 4.91. The fourth-order valence-corrected chi connectivity index (χ4v) is 0.863. The molecule has 0 rings (SSSR count). The second-order valence-electron chi connectivity index (χ2n) is 3.75. The van der Waals surface area contributed by atoms with Gasteiger partial charge in [0.2, 0.25) is 0 Å². The molecule has 0 spiro atoms. The van der Waals surface area contributed by atoms with E-state index in [1.165, 1.54) is 0 Å². The van der Waals surface area contributed by atoms with Crippen LogP contribution < -0.4 is 0 Å². The van der Waals surface area contributed by atoms with Crippen LogP contribution in [0.25, 0.3) is 0 Å². The summed E-state index contributed by atoms with van der Waals surface area (Å²) in [5.41, 5.74) is -1.70. The Bertz CT molecular complexity index is 111. The predicted molar refractivity (Wildman–Crippen MR) is 44.6 cm³/mol. The van der Waals surface area contributed by atoms with Gasteiger partial charge in [0.05, 0.1) is 26.4 Å². The van der Waals surface area contributed by atoms with Gasteiger partial charge in [-0.1, -0.05) is 13.8 Å². The van der Waals surface area contributed by atoms with Crippen molar-refractivity contribution < 1.29 is 20.4 Å². The first-order valence-corrected chi connectivity index (χ1v) is 3.93. The zero-order valence-corrected chi connectivity index (χ0v) is 7.62. The van der Waals surface area contributed by atoms with E-state index in [-0.39, 0.29) is 26.4 Å². The Labute approximate surface area is 72.5 Å². The van der Waals surface area contributed by atoms with E-state index in [0.29, 0.717) is 0 Å². The summed E-state index contributed by atoms with van der Waals surface area (Å²) in [7, 11) is 0.